The molecule has 0 aromatic heterocycles. The van der Waals surface area contributed by atoms with Crippen molar-refractivity contribution < 1.29 is 9.53 Å². The smallest absolute Gasteiger partial charge is 0.224 e. The first-order chi connectivity index (χ1) is 9.63. The lowest BCUT2D eigenvalue weighted by atomic mass is 10.1. The Hall–Kier alpha value is -1.55. The van der Waals surface area contributed by atoms with Crippen molar-refractivity contribution in [3.63, 3.8) is 0 Å². The first kappa shape index (κ1) is 14.9. The number of ether oxygens (including phenoxy) is 1. The highest BCUT2D eigenvalue weighted by molar-refractivity contribution is 5.78. The average molecular weight is 276 g/mol. The average Bonchev–Trinajstić information content (AvgIpc) is 2.89. The van der Waals surface area contributed by atoms with E-state index in [1.165, 1.54) is 6.42 Å². The number of hydrogen-bond acceptors (Lipinski definition) is 3. The molecule has 0 aliphatic carbocycles. The number of amides is 1. The van der Waals surface area contributed by atoms with Gasteiger partial charge in [-0.25, -0.2) is 0 Å². The van der Waals surface area contributed by atoms with Gasteiger partial charge in [-0.1, -0.05) is 12.1 Å². The van der Waals surface area contributed by atoms with E-state index in [4.69, 9.17) is 4.74 Å². The molecule has 0 spiro atoms. The summed E-state index contributed by atoms with van der Waals surface area (Å²) in [4.78, 5) is 11.9. The highest BCUT2D eigenvalue weighted by atomic mass is 16.5. The van der Waals surface area contributed by atoms with E-state index in [0.717, 1.165) is 30.8 Å². The van der Waals surface area contributed by atoms with E-state index >= 15 is 0 Å². The van der Waals surface area contributed by atoms with E-state index in [9.17, 15) is 4.79 Å². The molecule has 1 aliphatic rings. The highest BCUT2D eigenvalue weighted by Gasteiger charge is 2.14. The standard InChI is InChI=1S/C16H24N2O2/c1-12(2)20-15-7-3-5-13(9-15)10-16(19)18-11-14-6-4-8-17-14/h3,5,7,9,12,14,17H,4,6,8,10-11H2,1-2H3,(H,18,19). The molecule has 1 heterocycles. The highest BCUT2D eigenvalue weighted by Crippen LogP contribution is 2.15. The van der Waals surface area contributed by atoms with Crippen molar-refractivity contribution in [3.8, 4) is 5.75 Å². The molecule has 20 heavy (non-hydrogen) atoms. The van der Waals surface area contributed by atoms with Gasteiger partial charge in [-0.05, 0) is 50.9 Å². The second-order valence-electron chi connectivity index (χ2n) is 5.59. The number of benzene rings is 1. The maximum absolute atomic E-state index is 11.9. The summed E-state index contributed by atoms with van der Waals surface area (Å²) < 4.78 is 5.64. The molecule has 1 unspecified atom stereocenters. The van der Waals surface area contributed by atoms with E-state index in [0.29, 0.717) is 12.5 Å². The second kappa shape index (κ2) is 7.29. The largest absolute Gasteiger partial charge is 0.491 e. The maximum Gasteiger partial charge on any atom is 0.224 e. The van der Waals surface area contributed by atoms with Gasteiger partial charge in [-0.2, -0.15) is 0 Å². The molecular weight excluding hydrogens is 252 g/mol. The monoisotopic (exact) mass is 276 g/mol. The van der Waals surface area contributed by atoms with Gasteiger partial charge in [0.2, 0.25) is 5.91 Å². The summed E-state index contributed by atoms with van der Waals surface area (Å²) in [6.45, 7) is 5.78. The van der Waals surface area contributed by atoms with E-state index in [1.54, 1.807) is 0 Å². The molecule has 1 atom stereocenters. The number of hydrogen-bond donors (Lipinski definition) is 2. The Bertz CT molecular complexity index is 440. The fraction of sp³-hybridized carbons (Fsp3) is 0.562. The van der Waals surface area contributed by atoms with Crippen LogP contribution in [0.5, 0.6) is 5.75 Å². The molecule has 1 saturated heterocycles. The van der Waals surface area contributed by atoms with E-state index in [-0.39, 0.29) is 12.0 Å². The molecule has 4 heteroatoms. The van der Waals surface area contributed by atoms with Gasteiger partial charge in [0.05, 0.1) is 12.5 Å². The third-order valence-corrected chi connectivity index (χ3v) is 3.34. The Kier molecular flexibility index (Phi) is 5.41. The molecule has 2 rings (SSSR count). The quantitative estimate of drug-likeness (QED) is 0.834. The summed E-state index contributed by atoms with van der Waals surface area (Å²) >= 11 is 0. The molecule has 1 fully saturated rings. The molecule has 1 amide bonds. The molecule has 1 aromatic rings. The molecule has 0 bridgehead atoms. The third kappa shape index (κ3) is 4.85. The summed E-state index contributed by atoms with van der Waals surface area (Å²) in [5.74, 6) is 0.892. The van der Waals surface area contributed by atoms with Gasteiger partial charge >= 0.3 is 0 Å². The van der Waals surface area contributed by atoms with Crippen molar-refractivity contribution in [1.29, 1.82) is 0 Å². The number of rotatable bonds is 6. The molecule has 110 valence electrons. The van der Waals surface area contributed by atoms with Crippen molar-refractivity contribution in [2.45, 2.75) is 45.3 Å². The normalized spacial score (nSPS) is 18.2. The Balaban J connectivity index is 1.80. The molecule has 1 aliphatic heterocycles. The topological polar surface area (TPSA) is 50.4 Å². The zero-order chi connectivity index (χ0) is 14.4. The van der Waals surface area contributed by atoms with Gasteiger partial charge in [0.15, 0.2) is 0 Å². The van der Waals surface area contributed by atoms with Crippen LogP contribution in [0.3, 0.4) is 0 Å². The van der Waals surface area contributed by atoms with Crippen LogP contribution >= 0.6 is 0 Å². The van der Waals surface area contributed by atoms with Gasteiger partial charge in [-0.15, -0.1) is 0 Å². The first-order valence-electron chi connectivity index (χ1n) is 7.39. The van der Waals surface area contributed by atoms with Crippen LogP contribution < -0.4 is 15.4 Å². The van der Waals surface area contributed by atoms with Crippen LogP contribution in [0.2, 0.25) is 0 Å². The minimum absolute atomic E-state index is 0.0698. The third-order valence-electron chi connectivity index (χ3n) is 3.34. The van der Waals surface area contributed by atoms with Crippen LogP contribution in [0.25, 0.3) is 0 Å². The fourth-order valence-corrected chi connectivity index (χ4v) is 2.42. The van der Waals surface area contributed by atoms with Crippen molar-refractivity contribution in [1.82, 2.24) is 10.6 Å². The Morgan fingerprint density at radius 3 is 3.05 bits per heavy atom. The van der Waals surface area contributed by atoms with E-state index in [2.05, 4.69) is 10.6 Å². The zero-order valence-corrected chi connectivity index (χ0v) is 12.3. The van der Waals surface area contributed by atoms with Crippen LogP contribution in [0.15, 0.2) is 24.3 Å². The minimum atomic E-state index is 0.0698. The van der Waals surface area contributed by atoms with Crippen LogP contribution in [-0.2, 0) is 11.2 Å². The van der Waals surface area contributed by atoms with Crippen LogP contribution in [0, 0.1) is 0 Å². The van der Waals surface area contributed by atoms with Gasteiger partial charge in [0.25, 0.3) is 0 Å². The van der Waals surface area contributed by atoms with Gasteiger partial charge in [0, 0.05) is 12.6 Å². The van der Waals surface area contributed by atoms with Crippen LogP contribution in [-0.4, -0.2) is 31.1 Å². The predicted molar refractivity (Wildman–Crippen MR) is 79.9 cm³/mol. The summed E-state index contributed by atoms with van der Waals surface area (Å²) in [6.07, 6.45) is 2.90. The lowest BCUT2D eigenvalue weighted by Gasteiger charge is -2.13. The van der Waals surface area contributed by atoms with Crippen molar-refractivity contribution in [2.75, 3.05) is 13.1 Å². The summed E-state index contributed by atoms with van der Waals surface area (Å²) in [7, 11) is 0. The lowest BCUT2D eigenvalue weighted by Crippen LogP contribution is -2.37. The van der Waals surface area contributed by atoms with Gasteiger partial charge < -0.3 is 15.4 Å². The molecule has 1 aromatic carbocycles. The minimum Gasteiger partial charge on any atom is -0.491 e. The SMILES string of the molecule is CC(C)Oc1cccc(CC(=O)NCC2CCCN2)c1. The van der Waals surface area contributed by atoms with Crippen LogP contribution in [0.4, 0.5) is 0 Å². The lowest BCUT2D eigenvalue weighted by molar-refractivity contribution is -0.120. The van der Waals surface area contributed by atoms with Crippen molar-refractivity contribution in [3.05, 3.63) is 29.8 Å². The number of carbonyl (C=O) groups excluding carboxylic acids is 1. The summed E-state index contributed by atoms with van der Waals surface area (Å²) in [5.41, 5.74) is 0.986. The zero-order valence-electron chi connectivity index (χ0n) is 12.3. The number of nitrogens with one attached hydrogen (secondary N) is 2. The summed E-state index contributed by atoms with van der Waals surface area (Å²) in [5, 5.41) is 6.36. The van der Waals surface area contributed by atoms with E-state index < -0.39 is 0 Å². The first-order valence-corrected chi connectivity index (χ1v) is 7.39. The Labute approximate surface area is 120 Å². The fourth-order valence-electron chi connectivity index (χ4n) is 2.42. The van der Waals surface area contributed by atoms with Crippen molar-refractivity contribution in [2.24, 2.45) is 0 Å². The molecule has 0 radical (unpaired) electrons. The second-order valence-corrected chi connectivity index (χ2v) is 5.59. The van der Waals surface area contributed by atoms with Gasteiger partial charge in [-0.3, -0.25) is 4.79 Å². The van der Waals surface area contributed by atoms with E-state index in [1.807, 2.05) is 38.1 Å². The number of carbonyl (C=O) groups is 1. The molecule has 2 N–H and O–H groups in total. The predicted octanol–water partition coefficient (Wildman–Crippen LogP) is 1.88. The van der Waals surface area contributed by atoms with Gasteiger partial charge in [0.1, 0.15) is 5.75 Å². The van der Waals surface area contributed by atoms with Crippen LogP contribution in [0.1, 0.15) is 32.3 Å². The summed E-state index contributed by atoms with van der Waals surface area (Å²) in [6, 6.07) is 8.19. The Morgan fingerprint density at radius 1 is 1.50 bits per heavy atom. The molecular formula is C16H24N2O2. The molecule has 0 saturated carbocycles. The molecule has 4 nitrogen and oxygen atoms in total. The Morgan fingerprint density at radius 2 is 2.35 bits per heavy atom. The maximum atomic E-state index is 11.9. The van der Waals surface area contributed by atoms with Crippen molar-refractivity contribution >= 4 is 5.91 Å².